The zero-order chi connectivity index (χ0) is 8.81. The molecule has 0 radical (unpaired) electrons. The molecular weight excluding hydrogens is 171 g/mol. The van der Waals surface area contributed by atoms with Gasteiger partial charge in [0.2, 0.25) is 0 Å². The molecule has 0 atom stereocenters. The number of halogens is 1. The monoisotopic (exact) mass is 184 g/mol. The maximum atomic E-state index is 12.5. The van der Waals surface area contributed by atoms with Crippen LogP contribution in [-0.2, 0) is 0 Å². The summed E-state index contributed by atoms with van der Waals surface area (Å²) in [6.45, 7) is 2.17. The summed E-state index contributed by atoms with van der Waals surface area (Å²) >= 11 is 1.79. The second-order valence-corrected chi connectivity index (χ2v) is 3.82. The summed E-state index contributed by atoms with van der Waals surface area (Å²) in [6, 6.07) is 6.67. The van der Waals surface area contributed by atoms with Crippen molar-refractivity contribution in [1.29, 1.82) is 0 Å². The highest BCUT2D eigenvalue weighted by Crippen LogP contribution is 2.18. The van der Waals surface area contributed by atoms with Gasteiger partial charge in [-0.25, -0.2) is 4.39 Å². The first kappa shape index (κ1) is 9.59. The minimum atomic E-state index is -0.158. The molecular formula is C10H13FS. The third-order valence-electron chi connectivity index (χ3n) is 1.58. The quantitative estimate of drug-likeness (QED) is 0.507. The van der Waals surface area contributed by atoms with E-state index in [2.05, 4.69) is 6.92 Å². The average molecular weight is 184 g/mol. The molecule has 1 aromatic carbocycles. The van der Waals surface area contributed by atoms with Crippen molar-refractivity contribution >= 4 is 11.8 Å². The summed E-state index contributed by atoms with van der Waals surface area (Å²) in [5, 5.41) is 0. The predicted octanol–water partition coefficient (Wildman–Crippen LogP) is 3.72. The number of hydrogen-bond acceptors (Lipinski definition) is 1. The summed E-state index contributed by atoms with van der Waals surface area (Å²) in [5.74, 6) is 0.970. The van der Waals surface area contributed by atoms with Crippen LogP contribution < -0.4 is 0 Å². The SMILES string of the molecule is CCCCSc1ccc(F)cc1. The topological polar surface area (TPSA) is 0 Å². The first-order valence-electron chi connectivity index (χ1n) is 4.21. The fourth-order valence-corrected chi connectivity index (χ4v) is 1.86. The lowest BCUT2D eigenvalue weighted by Gasteiger charge is -1.98. The first-order chi connectivity index (χ1) is 5.83. The molecule has 0 saturated carbocycles. The number of rotatable bonds is 4. The molecule has 0 unspecified atom stereocenters. The van der Waals surface area contributed by atoms with Crippen molar-refractivity contribution in [2.75, 3.05) is 5.75 Å². The molecule has 0 aliphatic rings. The molecule has 0 aromatic heterocycles. The predicted molar refractivity (Wildman–Crippen MR) is 52.0 cm³/mol. The summed E-state index contributed by atoms with van der Waals surface area (Å²) in [7, 11) is 0. The van der Waals surface area contributed by atoms with Gasteiger partial charge in [0.05, 0.1) is 0 Å². The van der Waals surface area contributed by atoms with E-state index in [9.17, 15) is 4.39 Å². The van der Waals surface area contributed by atoms with Crippen LogP contribution in [-0.4, -0.2) is 5.75 Å². The van der Waals surface area contributed by atoms with Crippen LogP contribution in [0.25, 0.3) is 0 Å². The molecule has 1 rings (SSSR count). The van der Waals surface area contributed by atoms with Crippen LogP contribution in [0, 0.1) is 5.82 Å². The van der Waals surface area contributed by atoms with Crippen molar-refractivity contribution in [3.05, 3.63) is 30.1 Å². The Kier molecular flexibility index (Phi) is 4.15. The average Bonchev–Trinajstić information content (AvgIpc) is 2.09. The van der Waals surface area contributed by atoms with Gasteiger partial charge in [0, 0.05) is 4.90 Å². The van der Waals surface area contributed by atoms with E-state index in [1.807, 2.05) is 12.1 Å². The Bertz CT molecular complexity index is 218. The van der Waals surface area contributed by atoms with Gasteiger partial charge < -0.3 is 0 Å². The Hall–Kier alpha value is -0.500. The van der Waals surface area contributed by atoms with E-state index in [1.54, 1.807) is 11.8 Å². The molecule has 0 aliphatic heterocycles. The van der Waals surface area contributed by atoms with Crippen molar-refractivity contribution in [2.24, 2.45) is 0 Å². The van der Waals surface area contributed by atoms with Gasteiger partial charge in [-0.3, -0.25) is 0 Å². The Balaban J connectivity index is 2.37. The van der Waals surface area contributed by atoms with Crippen LogP contribution in [0.1, 0.15) is 19.8 Å². The molecule has 66 valence electrons. The molecule has 0 aliphatic carbocycles. The Labute approximate surface area is 77.2 Å². The molecule has 1 aromatic rings. The van der Waals surface area contributed by atoms with E-state index in [1.165, 1.54) is 25.0 Å². The molecule has 12 heavy (non-hydrogen) atoms. The fraction of sp³-hybridized carbons (Fsp3) is 0.400. The van der Waals surface area contributed by atoms with Gasteiger partial charge in [-0.15, -0.1) is 11.8 Å². The van der Waals surface area contributed by atoms with Gasteiger partial charge in [-0.05, 0) is 36.4 Å². The summed E-state index contributed by atoms with van der Waals surface area (Å²) in [6.07, 6.45) is 2.44. The van der Waals surface area contributed by atoms with Gasteiger partial charge in [0.25, 0.3) is 0 Å². The molecule has 0 bridgehead atoms. The van der Waals surface area contributed by atoms with E-state index < -0.39 is 0 Å². The van der Waals surface area contributed by atoms with Crippen molar-refractivity contribution in [3.63, 3.8) is 0 Å². The van der Waals surface area contributed by atoms with Gasteiger partial charge in [0.1, 0.15) is 5.82 Å². The maximum absolute atomic E-state index is 12.5. The van der Waals surface area contributed by atoms with E-state index in [-0.39, 0.29) is 5.82 Å². The first-order valence-corrected chi connectivity index (χ1v) is 5.20. The third kappa shape index (κ3) is 3.26. The second kappa shape index (κ2) is 5.20. The smallest absolute Gasteiger partial charge is 0.123 e. The highest BCUT2D eigenvalue weighted by molar-refractivity contribution is 7.99. The summed E-state index contributed by atoms with van der Waals surface area (Å²) in [4.78, 5) is 1.16. The Morgan fingerprint density at radius 3 is 2.50 bits per heavy atom. The molecule has 0 N–H and O–H groups in total. The molecule has 2 heteroatoms. The molecule has 0 saturated heterocycles. The minimum absolute atomic E-state index is 0.158. The number of benzene rings is 1. The zero-order valence-corrected chi connectivity index (χ0v) is 8.03. The minimum Gasteiger partial charge on any atom is -0.207 e. The maximum Gasteiger partial charge on any atom is 0.123 e. The van der Waals surface area contributed by atoms with Crippen LogP contribution in [0.2, 0.25) is 0 Å². The van der Waals surface area contributed by atoms with E-state index in [0.717, 1.165) is 10.6 Å². The van der Waals surface area contributed by atoms with E-state index in [0.29, 0.717) is 0 Å². The van der Waals surface area contributed by atoms with Crippen LogP contribution >= 0.6 is 11.8 Å². The number of unbranched alkanes of at least 4 members (excludes halogenated alkanes) is 1. The van der Waals surface area contributed by atoms with Crippen LogP contribution in [0.3, 0.4) is 0 Å². The second-order valence-electron chi connectivity index (χ2n) is 2.66. The van der Waals surface area contributed by atoms with E-state index in [4.69, 9.17) is 0 Å². The standard InChI is InChI=1S/C10H13FS/c1-2-3-8-12-10-6-4-9(11)5-7-10/h4-7H,2-3,8H2,1H3. The summed E-state index contributed by atoms with van der Waals surface area (Å²) in [5.41, 5.74) is 0. The number of thioether (sulfide) groups is 1. The van der Waals surface area contributed by atoms with Crippen LogP contribution in [0.4, 0.5) is 4.39 Å². The van der Waals surface area contributed by atoms with Gasteiger partial charge in [-0.1, -0.05) is 13.3 Å². The van der Waals surface area contributed by atoms with Gasteiger partial charge in [0.15, 0.2) is 0 Å². The van der Waals surface area contributed by atoms with Crippen LogP contribution in [0.5, 0.6) is 0 Å². The van der Waals surface area contributed by atoms with Crippen molar-refractivity contribution in [2.45, 2.75) is 24.7 Å². The Morgan fingerprint density at radius 1 is 1.25 bits per heavy atom. The van der Waals surface area contributed by atoms with Gasteiger partial charge >= 0.3 is 0 Å². The molecule has 0 nitrogen and oxygen atoms in total. The van der Waals surface area contributed by atoms with Gasteiger partial charge in [-0.2, -0.15) is 0 Å². The lowest BCUT2D eigenvalue weighted by molar-refractivity contribution is 0.626. The fourth-order valence-electron chi connectivity index (χ4n) is 0.865. The molecule has 0 heterocycles. The van der Waals surface area contributed by atoms with Crippen LogP contribution in [0.15, 0.2) is 29.2 Å². The van der Waals surface area contributed by atoms with E-state index >= 15 is 0 Å². The zero-order valence-electron chi connectivity index (χ0n) is 7.22. The van der Waals surface area contributed by atoms with Crippen molar-refractivity contribution in [1.82, 2.24) is 0 Å². The Morgan fingerprint density at radius 2 is 1.92 bits per heavy atom. The highest BCUT2D eigenvalue weighted by atomic mass is 32.2. The summed E-state index contributed by atoms with van der Waals surface area (Å²) < 4.78 is 12.5. The highest BCUT2D eigenvalue weighted by Gasteiger charge is 1.93. The largest absolute Gasteiger partial charge is 0.207 e. The number of hydrogen-bond donors (Lipinski definition) is 0. The lowest BCUT2D eigenvalue weighted by atomic mass is 10.3. The van der Waals surface area contributed by atoms with Crippen molar-refractivity contribution < 1.29 is 4.39 Å². The molecule has 0 spiro atoms. The lowest BCUT2D eigenvalue weighted by Crippen LogP contribution is -1.78. The molecule has 0 amide bonds. The third-order valence-corrected chi connectivity index (χ3v) is 2.68. The molecule has 0 fully saturated rings. The van der Waals surface area contributed by atoms with Crippen molar-refractivity contribution in [3.8, 4) is 0 Å². The normalized spacial score (nSPS) is 10.2.